The number of aliphatic hydroxyl groups excluding tert-OH is 1. The van der Waals surface area contributed by atoms with E-state index in [-0.39, 0.29) is 29.7 Å². The second-order valence-electron chi connectivity index (χ2n) is 8.00. The van der Waals surface area contributed by atoms with Crippen LogP contribution in [0.1, 0.15) is 73.6 Å². The van der Waals surface area contributed by atoms with E-state index in [9.17, 15) is 9.59 Å². The van der Waals surface area contributed by atoms with Gasteiger partial charge < -0.3 is 25.2 Å². The fourth-order valence-corrected chi connectivity index (χ4v) is 2.44. The summed E-state index contributed by atoms with van der Waals surface area (Å²) in [5, 5.41) is 13.9. The van der Waals surface area contributed by atoms with Crippen LogP contribution in [0.2, 0.25) is 0 Å². The Bertz CT molecular complexity index is 591. The van der Waals surface area contributed by atoms with Gasteiger partial charge in [-0.3, -0.25) is 9.79 Å². The third kappa shape index (κ3) is 18.2. The molecular formula is C23H43N3O5. The molecule has 1 atom stereocenters. The largest absolute Gasteiger partial charge is 0.495 e. The number of carbonyl (C=O) groups excluding carboxylic acids is 2. The third-order valence-corrected chi connectivity index (χ3v) is 4.11. The van der Waals surface area contributed by atoms with Gasteiger partial charge >= 0.3 is 6.09 Å². The summed E-state index contributed by atoms with van der Waals surface area (Å²) in [5.74, 6) is 0.786. The van der Waals surface area contributed by atoms with Crippen LogP contribution in [-0.2, 0) is 14.3 Å². The Morgan fingerprint density at radius 3 is 2.19 bits per heavy atom. The minimum Gasteiger partial charge on any atom is -0.495 e. The van der Waals surface area contributed by atoms with E-state index < -0.39 is 0 Å². The Balaban J connectivity index is 0. The molecule has 0 bridgehead atoms. The van der Waals surface area contributed by atoms with E-state index in [2.05, 4.69) is 28.4 Å². The number of ether oxygens (including phenoxy) is 2. The maximum atomic E-state index is 10.9. The van der Waals surface area contributed by atoms with Crippen molar-refractivity contribution in [2.24, 2.45) is 4.99 Å². The number of rotatable bonds is 6. The molecule has 0 fully saturated rings. The van der Waals surface area contributed by atoms with Crippen LogP contribution < -0.4 is 10.6 Å². The van der Waals surface area contributed by atoms with Crippen molar-refractivity contribution in [3.05, 3.63) is 23.6 Å². The maximum absolute atomic E-state index is 10.9. The molecule has 2 amide bonds. The van der Waals surface area contributed by atoms with E-state index in [0.29, 0.717) is 0 Å². The Labute approximate surface area is 188 Å². The summed E-state index contributed by atoms with van der Waals surface area (Å²) in [6.45, 7) is 14.4. The third-order valence-electron chi connectivity index (χ3n) is 4.11. The number of nitrogens with zero attached hydrogens (tertiary/aromatic N) is 1. The standard InChI is InChI=1S/C12H18N2O2.C6H13NO2.C5H12O/c1-9(15)14-11-6-4-10(5-7-11)12(16-3)8-13-2;1-6(2,3)9-5(8)7-4;1-3-5(6)4-2/h4,8,11H,2,5-7H2,1,3H3,(H,14,15);1-4H3,(H,7,8);5-6H,3-4H2,1-2H3/b12-8-;;/t11-;;/m0../s1. The topological polar surface area (TPSA) is 109 Å². The molecular weight excluding hydrogens is 398 g/mol. The van der Waals surface area contributed by atoms with Crippen LogP contribution in [-0.4, -0.2) is 55.7 Å². The zero-order valence-electron chi connectivity index (χ0n) is 20.6. The zero-order valence-corrected chi connectivity index (χ0v) is 20.6. The Morgan fingerprint density at radius 1 is 1.35 bits per heavy atom. The molecule has 0 saturated heterocycles. The van der Waals surface area contributed by atoms with Gasteiger partial charge in [-0.2, -0.15) is 0 Å². The van der Waals surface area contributed by atoms with Crippen molar-refractivity contribution in [1.29, 1.82) is 0 Å². The molecule has 1 rings (SSSR count). The molecule has 0 aromatic carbocycles. The lowest BCUT2D eigenvalue weighted by molar-refractivity contribution is -0.119. The lowest BCUT2D eigenvalue weighted by atomic mass is 9.94. The molecule has 0 aromatic heterocycles. The average Bonchev–Trinajstić information content (AvgIpc) is 2.71. The Morgan fingerprint density at radius 2 is 1.94 bits per heavy atom. The molecule has 8 heteroatoms. The summed E-state index contributed by atoms with van der Waals surface area (Å²) in [5.41, 5.74) is 0.747. The van der Waals surface area contributed by atoms with Gasteiger partial charge in [0.15, 0.2) is 0 Å². The van der Waals surface area contributed by atoms with Gasteiger partial charge in [0.05, 0.1) is 19.4 Å². The molecule has 3 N–H and O–H groups in total. The smallest absolute Gasteiger partial charge is 0.407 e. The van der Waals surface area contributed by atoms with E-state index in [1.165, 1.54) is 7.05 Å². The number of methoxy groups -OCH3 is 1. The summed E-state index contributed by atoms with van der Waals surface area (Å²) in [4.78, 5) is 25.1. The molecule has 0 radical (unpaired) electrons. The molecule has 0 spiro atoms. The number of nitrogens with one attached hydrogen (secondary N) is 2. The van der Waals surface area contributed by atoms with Gasteiger partial charge in [-0.15, -0.1) is 0 Å². The molecule has 8 nitrogen and oxygen atoms in total. The lowest BCUT2D eigenvalue weighted by Crippen LogP contribution is -2.34. The van der Waals surface area contributed by atoms with Crippen LogP contribution in [0.15, 0.2) is 28.6 Å². The Kier molecular flexibility index (Phi) is 17.3. The predicted molar refractivity (Wildman–Crippen MR) is 126 cm³/mol. The first-order chi connectivity index (χ1) is 14.4. The van der Waals surface area contributed by atoms with Gasteiger partial charge in [0.1, 0.15) is 11.4 Å². The van der Waals surface area contributed by atoms with E-state index in [0.717, 1.165) is 43.4 Å². The van der Waals surface area contributed by atoms with Gasteiger partial charge in [0.25, 0.3) is 0 Å². The summed E-state index contributed by atoms with van der Waals surface area (Å²) in [6, 6.07) is 0.246. The molecule has 1 aliphatic carbocycles. The minimum atomic E-state index is -0.389. The highest BCUT2D eigenvalue weighted by atomic mass is 16.6. The first-order valence-corrected chi connectivity index (χ1v) is 10.7. The average molecular weight is 442 g/mol. The van der Waals surface area contributed by atoms with Gasteiger partial charge in [-0.1, -0.05) is 19.9 Å². The van der Waals surface area contributed by atoms with Crippen molar-refractivity contribution in [2.45, 2.75) is 91.4 Å². The first kappa shape index (κ1) is 30.8. The van der Waals surface area contributed by atoms with Crippen molar-refractivity contribution < 1.29 is 24.2 Å². The number of allylic oxidation sites excluding steroid dienone is 1. The fourth-order valence-electron chi connectivity index (χ4n) is 2.44. The number of aliphatic imine (C=N–C) groups is 1. The van der Waals surface area contributed by atoms with Crippen molar-refractivity contribution in [2.75, 3.05) is 14.2 Å². The molecule has 31 heavy (non-hydrogen) atoms. The van der Waals surface area contributed by atoms with Crippen LogP contribution >= 0.6 is 0 Å². The van der Waals surface area contributed by atoms with E-state index in [1.807, 2.05) is 34.6 Å². The highest BCUT2D eigenvalue weighted by Gasteiger charge is 2.17. The van der Waals surface area contributed by atoms with Crippen LogP contribution in [0.3, 0.4) is 0 Å². The summed E-state index contributed by atoms with van der Waals surface area (Å²) < 4.78 is 10.1. The normalized spacial score (nSPS) is 15.9. The second-order valence-corrected chi connectivity index (χ2v) is 8.00. The van der Waals surface area contributed by atoms with Gasteiger partial charge in [-0.05, 0) is 65.2 Å². The van der Waals surface area contributed by atoms with Crippen LogP contribution in [0.4, 0.5) is 4.79 Å². The lowest BCUT2D eigenvalue weighted by Gasteiger charge is -2.23. The number of amides is 2. The molecule has 180 valence electrons. The van der Waals surface area contributed by atoms with Crippen molar-refractivity contribution in [1.82, 2.24) is 10.6 Å². The summed E-state index contributed by atoms with van der Waals surface area (Å²) in [6.07, 6.45) is 7.69. The monoisotopic (exact) mass is 441 g/mol. The van der Waals surface area contributed by atoms with E-state index in [4.69, 9.17) is 14.6 Å². The van der Waals surface area contributed by atoms with Crippen LogP contribution in [0.25, 0.3) is 0 Å². The van der Waals surface area contributed by atoms with Crippen LogP contribution in [0, 0.1) is 0 Å². The second kappa shape index (κ2) is 17.3. The highest BCUT2D eigenvalue weighted by Crippen LogP contribution is 2.24. The summed E-state index contributed by atoms with van der Waals surface area (Å²) in [7, 11) is 3.16. The quantitative estimate of drug-likeness (QED) is 0.425. The number of carbonyl (C=O) groups is 2. The van der Waals surface area contributed by atoms with Gasteiger partial charge in [-0.25, -0.2) is 4.79 Å². The maximum Gasteiger partial charge on any atom is 0.407 e. The number of hydrogen-bond acceptors (Lipinski definition) is 6. The molecule has 0 heterocycles. The Hall–Kier alpha value is -2.35. The van der Waals surface area contributed by atoms with Crippen molar-refractivity contribution in [3.8, 4) is 0 Å². The highest BCUT2D eigenvalue weighted by molar-refractivity contribution is 5.73. The van der Waals surface area contributed by atoms with Gasteiger partial charge in [0, 0.05) is 20.0 Å². The molecule has 0 saturated carbocycles. The van der Waals surface area contributed by atoms with Crippen LogP contribution in [0.5, 0.6) is 0 Å². The first-order valence-electron chi connectivity index (χ1n) is 10.7. The SMILES string of the molecule is C=N/C=C(\OC)C1=CC[C@H](NC(C)=O)CC1.CCC(O)CC.CNC(=O)OC(C)(C)C. The number of alkyl carbamates (subject to hydrolysis) is 1. The molecule has 0 aromatic rings. The molecule has 0 aliphatic heterocycles. The van der Waals surface area contributed by atoms with Crippen molar-refractivity contribution in [3.63, 3.8) is 0 Å². The van der Waals surface area contributed by atoms with Crippen molar-refractivity contribution >= 4 is 18.7 Å². The number of hydrogen-bond donors (Lipinski definition) is 3. The van der Waals surface area contributed by atoms with E-state index in [1.54, 1.807) is 20.2 Å². The summed E-state index contributed by atoms with van der Waals surface area (Å²) >= 11 is 0. The number of aliphatic hydroxyl groups is 1. The minimum absolute atomic E-state index is 0.0251. The predicted octanol–water partition coefficient (Wildman–Crippen LogP) is 4.10. The van der Waals surface area contributed by atoms with Gasteiger partial charge in [0.2, 0.25) is 5.91 Å². The zero-order chi connectivity index (χ0) is 24.4. The molecule has 1 aliphatic rings. The fraction of sp³-hybridized carbons (Fsp3) is 0.696. The molecule has 0 unspecified atom stereocenters. The van der Waals surface area contributed by atoms with E-state index >= 15 is 0 Å².